The van der Waals surface area contributed by atoms with E-state index in [0.717, 1.165) is 27.1 Å². The average molecular weight is 336 g/mol. The molecule has 7 heteroatoms. The van der Waals surface area contributed by atoms with Crippen molar-refractivity contribution >= 4 is 23.4 Å². The Bertz CT molecular complexity index is 725. The predicted octanol–water partition coefficient (Wildman–Crippen LogP) is 3.74. The number of hydrogen-bond donors (Lipinski definition) is 0. The third kappa shape index (κ3) is 3.98. The molecule has 0 spiro atoms. The largest absolute Gasteiger partial charge is 0.465 e. The summed E-state index contributed by atoms with van der Waals surface area (Å²) in [6.45, 7) is 7.40. The van der Waals surface area contributed by atoms with Crippen LogP contribution in [0.1, 0.15) is 42.2 Å². The third-order valence-corrected chi connectivity index (χ3v) is 4.25. The van der Waals surface area contributed by atoms with E-state index in [4.69, 9.17) is 9.47 Å². The van der Waals surface area contributed by atoms with Gasteiger partial charge < -0.3 is 9.47 Å². The first-order chi connectivity index (χ1) is 10.7. The van der Waals surface area contributed by atoms with E-state index in [-0.39, 0.29) is 5.97 Å². The number of ether oxygens (including phenoxy) is 2. The van der Waals surface area contributed by atoms with Gasteiger partial charge in [0.05, 0.1) is 13.3 Å². The Kier molecular flexibility index (Phi) is 4.89. The molecule has 0 fully saturated rings. The van der Waals surface area contributed by atoms with E-state index in [1.807, 2.05) is 6.92 Å². The molecule has 2 aromatic rings. The zero-order chi connectivity index (χ0) is 17.2. The van der Waals surface area contributed by atoms with Crippen LogP contribution in [-0.4, -0.2) is 34.6 Å². The minimum absolute atomic E-state index is 0.365. The number of methoxy groups -OCH3 is 1. The van der Waals surface area contributed by atoms with Crippen molar-refractivity contribution in [3.8, 4) is 11.1 Å². The van der Waals surface area contributed by atoms with Gasteiger partial charge in [-0.25, -0.2) is 9.59 Å². The maximum absolute atomic E-state index is 12.0. The summed E-state index contributed by atoms with van der Waals surface area (Å²) in [5.41, 5.74) is 1.06. The second-order valence-electron chi connectivity index (χ2n) is 5.95. The fraction of sp³-hybridized carbons (Fsp3) is 0.438. The Morgan fingerprint density at radius 3 is 2.61 bits per heavy atom. The van der Waals surface area contributed by atoms with Crippen LogP contribution in [0.25, 0.3) is 11.1 Å². The molecule has 0 N–H and O–H groups in total. The summed E-state index contributed by atoms with van der Waals surface area (Å²) in [5, 5.41) is 4.06. The van der Waals surface area contributed by atoms with Crippen LogP contribution >= 0.6 is 11.3 Å². The second kappa shape index (κ2) is 6.54. The van der Waals surface area contributed by atoms with Gasteiger partial charge in [0, 0.05) is 16.6 Å². The Labute approximate surface area is 139 Å². The van der Waals surface area contributed by atoms with Gasteiger partial charge in [0.1, 0.15) is 10.5 Å². The molecule has 0 saturated heterocycles. The maximum atomic E-state index is 12.0. The number of thiophene rings is 1. The summed E-state index contributed by atoms with van der Waals surface area (Å²) < 4.78 is 11.2. The molecule has 0 aliphatic carbocycles. The van der Waals surface area contributed by atoms with E-state index >= 15 is 0 Å². The molecule has 2 rings (SSSR count). The molecular weight excluding hydrogens is 316 g/mol. The molecule has 0 aliphatic rings. The first kappa shape index (κ1) is 17.2. The van der Waals surface area contributed by atoms with Gasteiger partial charge in [0.2, 0.25) is 0 Å². The van der Waals surface area contributed by atoms with E-state index in [2.05, 4.69) is 5.10 Å². The van der Waals surface area contributed by atoms with Crippen molar-refractivity contribution in [2.45, 2.75) is 39.7 Å². The topological polar surface area (TPSA) is 70.4 Å². The summed E-state index contributed by atoms with van der Waals surface area (Å²) in [6, 6.07) is 1.77. The Balaban J connectivity index is 2.31. The molecule has 0 aliphatic heterocycles. The van der Waals surface area contributed by atoms with Gasteiger partial charge >= 0.3 is 12.1 Å². The lowest BCUT2D eigenvalue weighted by Crippen LogP contribution is -2.27. The van der Waals surface area contributed by atoms with E-state index in [1.54, 1.807) is 39.2 Å². The fourth-order valence-corrected chi connectivity index (χ4v) is 3.05. The van der Waals surface area contributed by atoms with Gasteiger partial charge in [-0.3, -0.25) is 0 Å². The van der Waals surface area contributed by atoms with E-state index in [9.17, 15) is 9.59 Å². The molecule has 0 bridgehead atoms. The summed E-state index contributed by atoms with van der Waals surface area (Å²) >= 11 is 1.39. The number of carbonyl (C=O) groups excluding carboxylic acids is 2. The molecule has 23 heavy (non-hydrogen) atoms. The average Bonchev–Trinajstić information content (AvgIpc) is 3.10. The molecule has 0 amide bonds. The SMILES string of the molecule is CCc1sc(C(=O)OC)cc1-c1cnn(C(=O)OC(C)(C)C)c1. The van der Waals surface area contributed by atoms with Gasteiger partial charge in [0.15, 0.2) is 0 Å². The Morgan fingerprint density at radius 1 is 1.35 bits per heavy atom. The summed E-state index contributed by atoms with van der Waals surface area (Å²) in [7, 11) is 1.36. The highest BCUT2D eigenvalue weighted by Crippen LogP contribution is 2.32. The zero-order valence-electron chi connectivity index (χ0n) is 13.9. The van der Waals surface area contributed by atoms with Gasteiger partial charge in [-0.1, -0.05) is 6.92 Å². The van der Waals surface area contributed by atoms with Crippen molar-refractivity contribution in [2.75, 3.05) is 7.11 Å². The van der Waals surface area contributed by atoms with Crippen molar-refractivity contribution in [2.24, 2.45) is 0 Å². The van der Waals surface area contributed by atoms with Gasteiger partial charge in [-0.05, 0) is 38.8 Å². The van der Waals surface area contributed by atoms with Crippen molar-refractivity contribution in [1.29, 1.82) is 0 Å². The Morgan fingerprint density at radius 2 is 2.04 bits per heavy atom. The highest BCUT2D eigenvalue weighted by Gasteiger charge is 2.20. The van der Waals surface area contributed by atoms with E-state index in [1.165, 1.54) is 18.4 Å². The standard InChI is InChI=1S/C16H20N2O4S/c1-6-12-11(7-13(23-12)14(19)21-5)10-8-17-18(9-10)15(20)22-16(2,3)4/h7-9H,6H2,1-5H3. The number of rotatable bonds is 3. The van der Waals surface area contributed by atoms with Crippen LogP contribution in [-0.2, 0) is 15.9 Å². The molecule has 0 aromatic carbocycles. The summed E-state index contributed by atoms with van der Waals surface area (Å²) in [5.74, 6) is -0.365. The van der Waals surface area contributed by atoms with Gasteiger partial charge in [-0.2, -0.15) is 9.78 Å². The maximum Gasteiger partial charge on any atom is 0.435 e. The number of esters is 1. The van der Waals surface area contributed by atoms with Crippen molar-refractivity contribution in [3.05, 3.63) is 28.2 Å². The molecule has 0 radical (unpaired) electrons. The second-order valence-corrected chi connectivity index (χ2v) is 7.08. The predicted molar refractivity (Wildman–Crippen MR) is 87.9 cm³/mol. The highest BCUT2D eigenvalue weighted by molar-refractivity contribution is 7.14. The quantitative estimate of drug-likeness (QED) is 0.799. The number of aryl methyl sites for hydroxylation is 1. The van der Waals surface area contributed by atoms with Crippen LogP contribution in [0.5, 0.6) is 0 Å². The van der Waals surface area contributed by atoms with Crippen LogP contribution < -0.4 is 0 Å². The molecule has 0 unspecified atom stereocenters. The van der Waals surface area contributed by atoms with E-state index in [0.29, 0.717) is 4.88 Å². The molecule has 6 nitrogen and oxygen atoms in total. The molecule has 2 aromatic heterocycles. The Hall–Kier alpha value is -2.15. The van der Waals surface area contributed by atoms with Crippen molar-refractivity contribution in [1.82, 2.24) is 9.78 Å². The minimum atomic E-state index is -0.585. The van der Waals surface area contributed by atoms with Crippen molar-refractivity contribution in [3.63, 3.8) is 0 Å². The lowest BCUT2D eigenvalue weighted by atomic mass is 10.1. The van der Waals surface area contributed by atoms with Crippen LogP contribution in [0.15, 0.2) is 18.5 Å². The smallest absolute Gasteiger partial charge is 0.435 e. The normalized spacial score (nSPS) is 11.3. The number of carbonyl (C=O) groups is 2. The molecule has 124 valence electrons. The molecule has 0 saturated carbocycles. The van der Waals surface area contributed by atoms with Gasteiger partial charge in [-0.15, -0.1) is 11.3 Å². The van der Waals surface area contributed by atoms with Crippen LogP contribution in [0.3, 0.4) is 0 Å². The number of aromatic nitrogens is 2. The van der Waals surface area contributed by atoms with Crippen LogP contribution in [0, 0.1) is 0 Å². The fourth-order valence-electron chi connectivity index (χ4n) is 2.01. The molecular formula is C16H20N2O4S. The summed E-state index contributed by atoms with van der Waals surface area (Å²) in [4.78, 5) is 25.3. The van der Waals surface area contributed by atoms with E-state index < -0.39 is 11.7 Å². The minimum Gasteiger partial charge on any atom is -0.465 e. The van der Waals surface area contributed by atoms with Crippen LogP contribution in [0.2, 0.25) is 0 Å². The highest BCUT2D eigenvalue weighted by atomic mass is 32.1. The molecule has 2 heterocycles. The monoisotopic (exact) mass is 336 g/mol. The summed E-state index contributed by atoms with van der Waals surface area (Å²) in [6.07, 6.45) is 3.43. The lowest BCUT2D eigenvalue weighted by Gasteiger charge is -2.18. The number of nitrogens with zero attached hydrogens (tertiary/aromatic N) is 2. The lowest BCUT2D eigenvalue weighted by molar-refractivity contribution is 0.0513. The third-order valence-electron chi connectivity index (χ3n) is 2.99. The van der Waals surface area contributed by atoms with Crippen molar-refractivity contribution < 1.29 is 19.1 Å². The first-order valence-corrected chi connectivity index (χ1v) is 8.06. The van der Waals surface area contributed by atoms with Crippen LogP contribution in [0.4, 0.5) is 4.79 Å². The van der Waals surface area contributed by atoms with Gasteiger partial charge in [0.25, 0.3) is 0 Å². The number of hydrogen-bond acceptors (Lipinski definition) is 6. The molecule has 0 atom stereocenters. The first-order valence-electron chi connectivity index (χ1n) is 7.24. The zero-order valence-corrected chi connectivity index (χ0v) is 14.7.